The van der Waals surface area contributed by atoms with Crippen molar-refractivity contribution in [1.82, 2.24) is 14.9 Å². The largest absolute Gasteiger partial charge is 0.399 e. The van der Waals surface area contributed by atoms with Gasteiger partial charge in [-0.05, 0) is 36.4 Å². The minimum Gasteiger partial charge on any atom is -0.399 e. The van der Waals surface area contributed by atoms with Gasteiger partial charge in [-0.15, -0.1) is 11.8 Å². The van der Waals surface area contributed by atoms with Crippen molar-refractivity contribution in [2.75, 3.05) is 17.2 Å². The molecule has 1 aromatic heterocycles. The van der Waals surface area contributed by atoms with Crippen LogP contribution in [0.25, 0.3) is 0 Å². The lowest BCUT2D eigenvalue weighted by atomic mass is 10.3. The van der Waals surface area contributed by atoms with E-state index in [-0.39, 0.29) is 12.3 Å². The van der Waals surface area contributed by atoms with Crippen LogP contribution in [0.1, 0.15) is 5.69 Å². The van der Waals surface area contributed by atoms with E-state index in [1.807, 2.05) is 12.1 Å². The summed E-state index contributed by atoms with van der Waals surface area (Å²) in [5, 5.41) is 7.52. The molecule has 0 fully saturated rings. The standard InChI is InChI=1S/C13H16N4O2S2/c14-11-3-5-13(6-4-11)20-8-9-21(18,19)16-10-12-2-1-7-15-17-12/h1-7,16H,8-10,14H2. The summed E-state index contributed by atoms with van der Waals surface area (Å²) in [6.45, 7) is 0.155. The predicted molar refractivity (Wildman–Crippen MR) is 84.2 cm³/mol. The molecule has 0 atom stereocenters. The van der Waals surface area contributed by atoms with Gasteiger partial charge in [0, 0.05) is 22.5 Å². The molecule has 2 aromatic rings. The highest BCUT2D eigenvalue weighted by molar-refractivity contribution is 8.00. The van der Waals surface area contributed by atoms with Gasteiger partial charge >= 0.3 is 0 Å². The molecule has 0 aliphatic rings. The number of rotatable bonds is 7. The topological polar surface area (TPSA) is 98.0 Å². The van der Waals surface area contributed by atoms with Crippen molar-refractivity contribution in [1.29, 1.82) is 0 Å². The SMILES string of the molecule is Nc1ccc(SCCS(=O)(=O)NCc2cccnn2)cc1. The number of thioether (sulfide) groups is 1. The lowest BCUT2D eigenvalue weighted by Gasteiger charge is -2.06. The lowest BCUT2D eigenvalue weighted by molar-refractivity contribution is 0.581. The van der Waals surface area contributed by atoms with Crippen LogP contribution in [0.15, 0.2) is 47.5 Å². The number of hydrogen-bond donors (Lipinski definition) is 2. The zero-order chi connectivity index (χ0) is 15.1. The highest BCUT2D eigenvalue weighted by Crippen LogP contribution is 2.19. The van der Waals surface area contributed by atoms with Gasteiger partial charge in [0.2, 0.25) is 10.0 Å². The number of nitrogens with zero attached hydrogens (tertiary/aromatic N) is 2. The maximum absolute atomic E-state index is 11.9. The van der Waals surface area contributed by atoms with Crippen molar-refractivity contribution in [3.63, 3.8) is 0 Å². The van der Waals surface area contributed by atoms with E-state index in [0.717, 1.165) is 4.90 Å². The van der Waals surface area contributed by atoms with E-state index in [1.165, 1.54) is 11.8 Å². The molecule has 0 saturated carbocycles. The number of anilines is 1. The summed E-state index contributed by atoms with van der Waals surface area (Å²) in [5.41, 5.74) is 6.88. The summed E-state index contributed by atoms with van der Waals surface area (Å²) in [7, 11) is -3.32. The summed E-state index contributed by atoms with van der Waals surface area (Å²) < 4.78 is 26.2. The molecule has 21 heavy (non-hydrogen) atoms. The smallest absolute Gasteiger partial charge is 0.212 e. The molecule has 0 unspecified atom stereocenters. The van der Waals surface area contributed by atoms with Crippen LogP contribution in [0.5, 0.6) is 0 Å². The van der Waals surface area contributed by atoms with Gasteiger partial charge < -0.3 is 5.73 Å². The maximum atomic E-state index is 11.9. The molecule has 112 valence electrons. The van der Waals surface area contributed by atoms with Crippen molar-refractivity contribution < 1.29 is 8.42 Å². The quantitative estimate of drug-likeness (QED) is 0.588. The first-order valence-corrected chi connectivity index (χ1v) is 8.91. The van der Waals surface area contributed by atoms with Crippen LogP contribution < -0.4 is 10.5 Å². The Morgan fingerprint density at radius 2 is 1.95 bits per heavy atom. The van der Waals surface area contributed by atoms with Crippen LogP contribution in [0, 0.1) is 0 Å². The number of sulfonamides is 1. The van der Waals surface area contributed by atoms with Gasteiger partial charge in [-0.2, -0.15) is 10.2 Å². The Balaban J connectivity index is 1.77. The first kappa shape index (κ1) is 15.7. The second kappa shape index (κ2) is 7.39. The summed E-state index contributed by atoms with van der Waals surface area (Å²) in [4.78, 5) is 0.994. The third-order valence-electron chi connectivity index (χ3n) is 2.60. The Morgan fingerprint density at radius 1 is 1.19 bits per heavy atom. The molecule has 0 amide bonds. The van der Waals surface area contributed by atoms with E-state index in [9.17, 15) is 8.42 Å². The summed E-state index contributed by atoms with van der Waals surface area (Å²) in [6.07, 6.45) is 1.54. The fourth-order valence-corrected chi connectivity index (χ4v) is 3.80. The number of aromatic nitrogens is 2. The second-order valence-corrected chi connectivity index (χ2v) is 7.37. The molecule has 2 rings (SSSR count). The van der Waals surface area contributed by atoms with Crippen molar-refractivity contribution >= 4 is 27.5 Å². The Bertz CT molecular complexity index is 660. The average molecular weight is 324 g/mol. The number of benzene rings is 1. The zero-order valence-electron chi connectivity index (χ0n) is 11.3. The van der Waals surface area contributed by atoms with Gasteiger partial charge in [0.15, 0.2) is 0 Å². The van der Waals surface area contributed by atoms with Crippen LogP contribution >= 0.6 is 11.8 Å². The van der Waals surface area contributed by atoms with Crippen LogP contribution in [0.4, 0.5) is 5.69 Å². The number of nitrogens with one attached hydrogen (secondary N) is 1. The molecular weight excluding hydrogens is 308 g/mol. The third kappa shape index (κ3) is 5.70. The first-order valence-electron chi connectivity index (χ1n) is 6.27. The fraction of sp³-hybridized carbons (Fsp3) is 0.231. The van der Waals surface area contributed by atoms with Crippen molar-refractivity contribution in [3.8, 4) is 0 Å². The van der Waals surface area contributed by atoms with Crippen LogP contribution in [-0.2, 0) is 16.6 Å². The molecule has 0 saturated heterocycles. The van der Waals surface area contributed by atoms with Gasteiger partial charge in [0.1, 0.15) is 0 Å². The lowest BCUT2D eigenvalue weighted by Crippen LogP contribution is -2.27. The van der Waals surface area contributed by atoms with Gasteiger partial charge in [-0.1, -0.05) is 0 Å². The number of hydrogen-bond acceptors (Lipinski definition) is 6. The second-order valence-electron chi connectivity index (χ2n) is 4.27. The zero-order valence-corrected chi connectivity index (χ0v) is 12.9. The average Bonchev–Trinajstić information content (AvgIpc) is 2.48. The molecule has 0 bridgehead atoms. The molecule has 0 spiro atoms. The van der Waals surface area contributed by atoms with E-state index in [4.69, 9.17) is 5.73 Å². The molecule has 6 nitrogen and oxygen atoms in total. The normalized spacial score (nSPS) is 11.4. The van der Waals surface area contributed by atoms with Gasteiger partial charge in [-0.25, -0.2) is 13.1 Å². The van der Waals surface area contributed by atoms with E-state index in [0.29, 0.717) is 17.1 Å². The molecule has 0 radical (unpaired) electrons. The van der Waals surface area contributed by atoms with Gasteiger partial charge in [0.05, 0.1) is 18.0 Å². The van der Waals surface area contributed by atoms with Crippen LogP contribution in [0.3, 0.4) is 0 Å². The Morgan fingerprint density at radius 3 is 2.62 bits per heavy atom. The first-order chi connectivity index (χ1) is 10.1. The molecule has 1 heterocycles. The molecular formula is C13H16N4O2S2. The number of nitrogen functional groups attached to an aromatic ring is 1. The minimum absolute atomic E-state index is 0.0440. The summed E-state index contributed by atoms with van der Waals surface area (Å²) in [6, 6.07) is 10.8. The summed E-state index contributed by atoms with van der Waals surface area (Å²) in [5.74, 6) is 0.516. The monoisotopic (exact) mass is 324 g/mol. The van der Waals surface area contributed by atoms with E-state index in [1.54, 1.807) is 30.5 Å². The molecule has 1 aromatic carbocycles. The molecule has 8 heteroatoms. The minimum atomic E-state index is -3.32. The van der Waals surface area contributed by atoms with Gasteiger partial charge in [0.25, 0.3) is 0 Å². The fourth-order valence-electron chi connectivity index (χ4n) is 1.52. The highest BCUT2D eigenvalue weighted by Gasteiger charge is 2.10. The third-order valence-corrected chi connectivity index (χ3v) is 5.20. The van der Waals surface area contributed by atoms with Crippen molar-refractivity contribution in [3.05, 3.63) is 48.3 Å². The molecule has 3 N–H and O–H groups in total. The predicted octanol–water partition coefficient (Wildman–Crippen LogP) is 1.27. The van der Waals surface area contributed by atoms with Crippen LogP contribution in [0.2, 0.25) is 0 Å². The molecule has 0 aliphatic heterocycles. The Hall–Kier alpha value is -1.64. The van der Waals surface area contributed by atoms with Crippen molar-refractivity contribution in [2.24, 2.45) is 0 Å². The van der Waals surface area contributed by atoms with E-state index < -0.39 is 10.0 Å². The maximum Gasteiger partial charge on any atom is 0.212 e. The highest BCUT2D eigenvalue weighted by atomic mass is 32.2. The molecule has 0 aliphatic carbocycles. The van der Waals surface area contributed by atoms with Crippen LogP contribution in [-0.4, -0.2) is 30.1 Å². The Labute approximate surface area is 128 Å². The van der Waals surface area contributed by atoms with Crippen molar-refractivity contribution in [2.45, 2.75) is 11.4 Å². The summed E-state index contributed by atoms with van der Waals surface area (Å²) >= 11 is 1.47. The Kier molecular flexibility index (Phi) is 5.54. The van der Waals surface area contributed by atoms with E-state index in [2.05, 4.69) is 14.9 Å². The van der Waals surface area contributed by atoms with Gasteiger partial charge in [-0.3, -0.25) is 0 Å². The number of nitrogens with two attached hydrogens (primary N) is 1. The van der Waals surface area contributed by atoms with E-state index >= 15 is 0 Å².